The molecular formula is C10H21NO2. The van der Waals surface area contributed by atoms with E-state index in [-0.39, 0.29) is 6.04 Å². The van der Waals surface area contributed by atoms with Crippen molar-refractivity contribution in [2.45, 2.75) is 44.9 Å². The first-order valence-corrected chi connectivity index (χ1v) is 4.95. The first-order valence-electron chi connectivity index (χ1n) is 4.95. The molecule has 1 saturated heterocycles. The summed E-state index contributed by atoms with van der Waals surface area (Å²) in [5.74, 6) is 0. The SMILES string of the molecule is CC(N(C)C1CCOC1)C(C)(C)O. The van der Waals surface area contributed by atoms with E-state index in [0.717, 1.165) is 19.6 Å². The van der Waals surface area contributed by atoms with Crippen LogP contribution in [0.15, 0.2) is 0 Å². The second-order valence-electron chi connectivity index (χ2n) is 4.51. The summed E-state index contributed by atoms with van der Waals surface area (Å²) in [5, 5.41) is 9.83. The molecule has 0 saturated carbocycles. The van der Waals surface area contributed by atoms with Crippen LogP contribution in [-0.4, -0.2) is 48.0 Å². The third-order valence-electron chi connectivity index (χ3n) is 3.11. The summed E-state index contributed by atoms with van der Waals surface area (Å²) >= 11 is 0. The number of hydrogen-bond acceptors (Lipinski definition) is 3. The van der Waals surface area contributed by atoms with Gasteiger partial charge in [-0.05, 0) is 34.2 Å². The fourth-order valence-corrected chi connectivity index (χ4v) is 1.66. The second-order valence-corrected chi connectivity index (χ2v) is 4.51. The minimum Gasteiger partial charge on any atom is -0.389 e. The van der Waals surface area contributed by atoms with Crippen LogP contribution in [0.3, 0.4) is 0 Å². The molecule has 3 heteroatoms. The zero-order valence-corrected chi connectivity index (χ0v) is 9.08. The molecule has 1 N–H and O–H groups in total. The fraction of sp³-hybridized carbons (Fsp3) is 1.00. The lowest BCUT2D eigenvalue weighted by Gasteiger charge is -2.37. The molecule has 1 heterocycles. The van der Waals surface area contributed by atoms with Gasteiger partial charge in [-0.1, -0.05) is 0 Å². The number of rotatable bonds is 3. The Kier molecular flexibility index (Phi) is 3.33. The molecule has 1 rings (SSSR count). The van der Waals surface area contributed by atoms with Crippen molar-refractivity contribution in [1.29, 1.82) is 0 Å². The van der Waals surface area contributed by atoms with Gasteiger partial charge in [0.1, 0.15) is 0 Å². The van der Waals surface area contributed by atoms with Crippen LogP contribution in [0.2, 0.25) is 0 Å². The third-order valence-corrected chi connectivity index (χ3v) is 3.11. The van der Waals surface area contributed by atoms with Gasteiger partial charge in [-0.3, -0.25) is 4.90 Å². The maximum absolute atomic E-state index is 9.83. The van der Waals surface area contributed by atoms with Gasteiger partial charge < -0.3 is 9.84 Å². The molecule has 1 aliphatic rings. The van der Waals surface area contributed by atoms with E-state index in [9.17, 15) is 5.11 Å². The van der Waals surface area contributed by atoms with Crippen LogP contribution in [0.1, 0.15) is 27.2 Å². The average Bonchev–Trinajstić information content (AvgIpc) is 2.51. The summed E-state index contributed by atoms with van der Waals surface area (Å²) in [4.78, 5) is 2.22. The van der Waals surface area contributed by atoms with Crippen molar-refractivity contribution < 1.29 is 9.84 Å². The molecule has 0 aromatic carbocycles. The van der Waals surface area contributed by atoms with Gasteiger partial charge in [0, 0.05) is 18.7 Å². The Bertz CT molecular complexity index is 159. The van der Waals surface area contributed by atoms with Gasteiger partial charge in [-0.2, -0.15) is 0 Å². The summed E-state index contributed by atoms with van der Waals surface area (Å²) in [6, 6.07) is 0.639. The van der Waals surface area contributed by atoms with Crippen LogP contribution < -0.4 is 0 Å². The Morgan fingerprint density at radius 3 is 2.54 bits per heavy atom. The van der Waals surface area contributed by atoms with Crippen molar-refractivity contribution in [1.82, 2.24) is 4.90 Å². The van der Waals surface area contributed by atoms with E-state index in [1.54, 1.807) is 0 Å². The van der Waals surface area contributed by atoms with E-state index in [2.05, 4.69) is 18.9 Å². The molecule has 0 aliphatic carbocycles. The molecule has 0 amide bonds. The molecule has 2 atom stereocenters. The lowest BCUT2D eigenvalue weighted by atomic mass is 9.98. The van der Waals surface area contributed by atoms with Gasteiger partial charge >= 0.3 is 0 Å². The monoisotopic (exact) mass is 187 g/mol. The Balaban J connectivity index is 2.50. The van der Waals surface area contributed by atoms with Crippen LogP contribution >= 0.6 is 0 Å². The summed E-state index contributed by atoms with van der Waals surface area (Å²) in [5.41, 5.74) is -0.642. The molecule has 13 heavy (non-hydrogen) atoms. The smallest absolute Gasteiger partial charge is 0.0743 e. The molecule has 0 aromatic heterocycles. The van der Waals surface area contributed by atoms with Crippen LogP contribution in [0, 0.1) is 0 Å². The quantitative estimate of drug-likeness (QED) is 0.711. The Morgan fingerprint density at radius 2 is 2.15 bits per heavy atom. The van der Waals surface area contributed by atoms with Crippen molar-refractivity contribution >= 4 is 0 Å². The minimum atomic E-state index is -0.642. The maximum atomic E-state index is 9.83. The molecule has 0 radical (unpaired) electrons. The van der Waals surface area contributed by atoms with E-state index in [0.29, 0.717) is 6.04 Å². The Morgan fingerprint density at radius 1 is 1.54 bits per heavy atom. The highest BCUT2D eigenvalue weighted by molar-refractivity contribution is 4.85. The highest BCUT2D eigenvalue weighted by atomic mass is 16.5. The molecule has 0 aromatic rings. The second kappa shape index (κ2) is 3.95. The lowest BCUT2D eigenvalue weighted by Crippen LogP contribution is -2.50. The predicted molar refractivity (Wildman–Crippen MR) is 52.7 cm³/mol. The molecule has 0 bridgehead atoms. The molecule has 1 fully saturated rings. The molecular weight excluding hydrogens is 166 g/mol. The number of likely N-dealkylation sites (N-methyl/N-ethyl adjacent to an activating group) is 1. The van der Waals surface area contributed by atoms with Crippen molar-refractivity contribution in [2.75, 3.05) is 20.3 Å². The van der Waals surface area contributed by atoms with Crippen LogP contribution in [-0.2, 0) is 4.74 Å². The van der Waals surface area contributed by atoms with Crippen molar-refractivity contribution in [3.63, 3.8) is 0 Å². The van der Waals surface area contributed by atoms with Gasteiger partial charge in [-0.25, -0.2) is 0 Å². The summed E-state index contributed by atoms with van der Waals surface area (Å²) < 4.78 is 5.32. The highest BCUT2D eigenvalue weighted by Crippen LogP contribution is 2.20. The van der Waals surface area contributed by atoms with E-state index >= 15 is 0 Å². The number of nitrogens with zero attached hydrogens (tertiary/aromatic N) is 1. The first-order chi connectivity index (χ1) is 5.93. The standard InChI is InChI=1S/C10H21NO2/c1-8(10(2,3)12)11(4)9-5-6-13-7-9/h8-9,12H,5-7H2,1-4H3. The first kappa shape index (κ1) is 11.0. The van der Waals surface area contributed by atoms with Gasteiger partial charge in [0.15, 0.2) is 0 Å². The summed E-state index contributed by atoms with van der Waals surface area (Å²) in [6.07, 6.45) is 1.08. The van der Waals surface area contributed by atoms with E-state index in [1.807, 2.05) is 13.8 Å². The predicted octanol–water partition coefficient (Wildman–Crippen LogP) is 0.866. The summed E-state index contributed by atoms with van der Waals surface area (Å²) in [7, 11) is 2.06. The average molecular weight is 187 g/mol. The van der Waals surface area contributed by atoms with Crippen molar-refractivity contribution in [3.8, 4) is 0 Å². The third kappa shape index (κ3) is 2.66. The van der Waals surface area contributed by atoms with Gasteiger partial charge in [-0.15, -0.1) is 0 Å². The lowest BCUT2D eigenvalue weighted by molar-refractivity contribution is -0.0181. The normalized spacial score (nSPS) is 26.8. The molecule has 78 valence electrons. The fourth-order valence-electron chi connectivity index (χ4n) is 1.66. The number of ether oxygens (including phenoxy) is 1. The molecule has 0 spiro atoms. The van der Waals surface area contributed by atoms with Crippen LogP contribution in [0.5, 0.6) is 0 Å². The van der Waals surface area contributed by atoms with Gasteiger partial charge in [0.2, 0.25) is 0 Å². The van der Waals surface area contributed by atoms with Crippen LogP contribution in [0.25, 0.3) is 0 Å². The number of aliphatic hydroxyl groups is 1. The molecule has 1 aliphatic heterocycles. The van der Waals surface area contributed by atoms with Crippen molar-refractivity contribution in [2.24, 2.45) is 0 Å². The van der Waals surface area contributed by atoms with Crippen molar-refractivity contribution in [3.05, 3.63) is 0 Å². The zero-order chi connectivity index (χ0) is 10.1. The Labute approximate surface area is 80.7 Å². The Hall–Kier alpha value is -0.120. The zero-order valence-electron chi connectivity index (χ0n) is 9.08. The van der Waals surface area contributed by atoms with E-state index in [1.165, 1.54) is 0 Å². The van der Waals surface area contributed by atoms with E-state index < -0.39 is 5.60 Å². The topological polar surface area (TPSA) is 32.7 Å². The largest absolute Gasteiger partial charge is 0.389 e. The highest BCUT2D eigenvalue weighted by Gasteiger charge is 2.31. The van der Waals surface area contributed by atoms with Crippen LogP contribution in [0.4, 0.5) is 0 Å². The maximum Gasteiger partial charge on any atom is 0.0743 e. The van der Waals surface area contributed by atoms with Gasteiger partial charge in [0.25, 0.3) is 0 Å². The molecule has 3 nitrogen and oxygen atoms in total. The van der Waals surface area contributed by atoms with E-state index in [4.69, 9.17) is 4.74 Å². The number of hydrogen-bond donors (Lipinski definition) is 1. The minimum absolute atomic E-state index is 0.166. The summed E-state index contributed by atoms with van der Waals surface area (Å²) in [6.45, 7) is 7.41. The van der Waals surface area contributed by atoms with Gasteiger partial charge in [0.05, 0.1) is 12.2 Å². The molecule has 2 unspecified atom stereocenters.